The Morgan fingerprint density at radius 1 is 1.47 bits per heavy atom. The fraction of sp³-hybridized carbons (Fsp3) is 0.667. The molecule has 3 heterocycles. The highest BCUT2D eigenvalue weighted by Crippen LogP contribution is 2.33. The van der Waals surface area contributed by atoms with Crippen LogP contribution in [0.15, 0.2) is 11.6 Å². The van der Waals surface area contributed by atoms with Crippen LogP contribution in [0.3, 0.4) is 0 Å². The number of piperidine rings is 1. The molecule has 1 amide bonds. The second kappa shape index (κ2) is 4.74. The third kappa shape index (κ3) is 2.09. The Balaban J connectivity index is 1.77. The maximum Gasteiger partial charge on any atom is 0.252 e. The molecule has 92 valence electrons. The molecule has 0 spiro atoms. The summed E-state index contributed by atoms with van der Waals surface area (Å²) in [6.45, 7) is 1.58. The van der Waals surface area contributed by atoms with Crippen LogP contribution in [-0.2, 0) is 9.53 Å². The van der Waals surface area contributed by atoms with Crippen molar-refractivity contribution in [3.63, 3.8) is 0 Å². The molecular weight excluding hydrogens is 236 g/mol. The summed E-state index contributed by atoms with van der Waals surface area (Å²) in [5.74, 6) is 0.163. The van der Waals surface area contributed by atoms with Crippen LogP contribution >= 0.6 is 11.3 Å². The summed E-state index contributed by atoms with van der Waals surface area (Å²) >= 11 is 1.64. The van der Waals surface area contributed by atoms with Gasteiger partial charge in [-0.3, -0.25) is 4.79 Å². The Bertz CT molecular complexity index is 389. The number of aromatic nitrogens is 1. The average Bonchev–Trinajstić information content (AvgIpc) is 2.80. The first-order valence-corrected chi connectivity index (χ1v) is 7.06. The van der Waals surface area contributed by atoms with Gasteiger partial charge < -0.3 is 9.64 Å². The molecule has 17 heavy (non-hydrogen) atoms. The number of hydrogen-bond acceptors (Lipinski definition) is 4. The summed E-state index contributed by atoms with van der Waals surface area (Å²) < 4.78 is 5.30. The SMILES string of the molecule is O=C([C@@H]1CCO1)N1CCCC[C@H]1c1nccs1. The lowest BCUT2D eigenvalue weighted by Crippen LogP contribution is -2.48. The van der Waals surface area contributed by atoms with Gasteiger partial charge in [-0.25, -0.2) is 4.98 Å². The van der Waals surface area contributed by atoms with Crippen molar-refractivity contribution in [2.45, 2.75) is 37.8 Å². The topological polar surface area (TPSA) is 42.4 Å². The molecule has 2 atom stereocenters. The second-order valence-electron chi connectivity index (χ2n) is 4.56. The largest absolute Gasteiger partial charge is 0.368 e. The quantitative estimate of drug-likeness (QED) is 0.808. The zero-order chi connectivity index (χ0) is 11.7. The van der Waals surface area contributed by atoms with E-state index >= 15 is 0 Å². The Morgan fingerprint density at radius 2 is 2.35 bits per heavy atom. The van der Waals surface area contributed by atoms with Crippen molar-refractivity contribution in [1.82, 2.24) is 9.88 Å². The molecular formula is C12H16N2O2S. The number of ether oxygens (including phenoxy) is 1. The molecule has 0 aromatic carbocycles. The van der Waals surface area contributed by atoms with E-state index in [1.807, 2.05) is 16.5 Å². The number of thiazole rings is 1. The molecule has 2 aliphatic heterocycles. The molecule has 4 nitrogen and oxygen atoms in total. The highest BCUT2D eigenvalue weighted by Gasteiger charge is 2.36. The molecule has 1 aromatic rings. The van der Waals surface area contributed by atoms with Gasteiger partial charge in [-0.05, 0) is 19.3 Å². The smallest absolute Gasteiger partial charge is 0.252 e. The molecule has 2 saturated heterocycles. The van der Waals surface area contributed by atoms with Crippen molar-refractivity contribution in [2.75, 3.05) is 13.2 Å². The summed E-state index contributed by atoms with van der Waals surface area (Å²) in [5.41, 5.74) is 0. The minimum Gasteiger partial charge on any atom is -0.368 e. The van der Waals surface area contributed by atoms with Crippen LogP contribution in [0.4, 0.5) is 0 Å². The van der Waals surface area contributed by atoms with Gasteiger partial charge in [0.15, 0.2) is 0 Å². The maximum absolute atomic E-state index is 12.3. The number of nitrogens with zero attached hydrogens (tertiary/aromatic N) is 2. The normalized spacial score (nSPS) is 28.8. The van der Waals surface area contributed by atoms with Gasteiger partial charge in [0, 0.05) is 24.5 Å². The number of rotatable bonds is 2. The van der Waals surface area contributed by atoms with Gasteiger partial charge in [-0.1, -0.05) is 0 Å². The highest BCUT2D eigenvalue weighted by molar-refractivity contribution is 7.09. The highest BCUT2D eigenvalue weighted by atomic mass is 32.1. The molecule has 0 bridgehead atoms. The average molecular weight is 252 g/mol. The minimum atomic E-state index is -0.185. The first-order chi connectivity index (χ1) is 8.36. The van der Waals surface area contributed by atoms with Crippen LogP contribution < -0.4 is 0 Å². The summed E-state index contributed by atoms with van der Waals surface area (Å²) in [6, 6.07) is 0.181. The molecule has 0 aliphatic carbocycles. The van der Waals surface area contributed by atoms with E-state index in [0.717, 1.165) is 37.4 Å². The summed E-state index contributed by atoms with van der Waals surface area (Å²) in [7, 11) is 0. The molecule has 0 N–H and O–H groups in total. The van der Waals surface area contributed by atoms with E-state index in [9.17, 15) is 4.79 Å². The number of carbonyl (C=O) groups excluding carboxylic acids is 1. The van der Waals surface area contributed by atoms with Crippen molar-refractivity contribution in [3.05, 3.63) is 16.6 Å². The van der Waals surface area contributed by atoms with Crippen molar-refractivity contribution in [3.8, 4) is 0 Å². The molecule has 2 aliphatic rings. The Kier molecular flexibility index (Phi) is 3.11. The van der Waals surface area contributed by atoms with Gasteiger partial charge in [0.25, 0.3) is 5.91 Å². The molecule has 0 saturated carbocycles. The van der Waals surface area contributed by atoms with Crippen LogP contribution in [0, 0.1) is 0 Å². The van der Waals surface area contributed by atoms with Gasteiger partial charge in [0.2, 0.25) is 0 Å². The fourth-order valence-electron chi connectivity index (χ4n) is 2.47. The molecule has 3 rings (SSSR count). The van der Waals surface area contributed by atoms with Crippen LogP contribution in [0.1, 0.15) is 36.7 Å². The zero-order valence-corrected chi connectivity index (χ0v) is 10.5. The number of hydrogen-bond donors (Lipinski definition) is 0. The first kappa shape index (κ1) is 11.2. The molecule has 1 aromatic heterocycles. The lowest BCUT2D eigenvalue weighted by Gasteiger charge is -2.38. The van der Waals surface area contributed by atoms with Gasteiger partial charge >= 0.3 is 0 Å². The number of likely N-dealkylation sites (tertiary alicyclic amines) is 1. The maximum atomic E-state index is 12.3. The molecule has 0 unspecified atom stereocenters. The van der Waals surface area contributed by atoms with E-state index in [-0.39, 0.29) is 18.1 Å². The number of amides is 1. The van der Waals surface area contributed by atoms with E-state index in [0.29, 0.717) is 0 Å². The van der Waals surface area contributed by atoms with Crippen LogP contribution in [0.2, 0.25) is 0 Å². The number of carbonyl (C=O) groups is 1. The molecule has 2 fully saturated rings. The monoisotopic (exact) mass is 252 g/mol. The van der Waals surface area contributed by atoms with E-state index in [2.05, 4.69) is 4.98 Å². The van der Waals surface area contributed by atoms with E-state index in [4.69, 9.17) is 4.74 Å². The van der Waals surface area contributed by atoms with Gasteiger partial charge in [-0.2, -0.15) is 0 Å². The lowest BCUT2D eigenvalue weighted by molar-refractivity contribution is -0.160. The predicted molar refractivity (Wildman–Crippen MR) is 64.8 cm³/mol. The van der Waals surface area contributed by atoms with Crippen LogP contribution in [0.25, 0.3) is 0 Å². The molecule has 5 heteroatoms. The lowest BCUT2D eigenvalue weighted by atomic mass is 10.0. The first-order valence-electron chi connectivity index (χ1n) is 6.18. The second-order valence-corrected chi connectivity index (χ2v) is 5.49. The van der Waals surface area contributed by atoms with E-state index in [1.54, 1.807) is 11.3 Å². The Morgan fingerprint density at radius 3 is 3.00 bits per heavy atom. The van der Waals surface area contributed by atoms with Crippen molar-refractivity contribution in [2.24, 2.45) is 0 Å². The standard InChI is InChI=1S/C12H16N2O2S/c15-12(10-4-7-16-10)14-6-2-1-3-9(14)11-13-5-8-17-11/h5,8-10H,1-4,6-7H2/t9-,10-/m0/s1. The van der Waals surface area contributed by atoms with Crippen LogP contribution in [0.5, 0.6) is 0 Å². The summed E-state index contributed by atoms with van der Waals surface area (Å²) in [5, 5.41) is 3.05. The van der Waals surface area contributed by atoms with Crippen molar-refractivity contribution in [1.29, 1.82) is 0 Å². The van der Waals surface area contributed by atoms with Crippen LogP contribution in [-0.4, -0.2) is 35.0 Å². The summed E-state index contributed by atoms with van der Waals surface area (Å²) in [4.78, 5) is 18.6. The van der Waals surface area contributed by atoms with Gasteiger partial charge in [0.1, 0.15) is 11.1 Å². The predicted octanol–water partition coefficient (Wildman–Crippen LogP) is 1.99. The van der Waals surface area contributed by atoms with Crippen molar-refractivity contribution < 1.29 is 9.53 Å². The Hall–Kier alpha value is -0.940. The van der Waals surface area contributed by atoms with E-state index < -0.39 is 0 Å². The van der Waals surface area contributed by atoms with Crippen molar-refractivity contribution >= 4 is 17.2 Å². The fourth-order valence-corrected chi connectivity index (χ4v) is 3.25. The summed E-state index contributed by atoms with van der Waals surface area (Å²) in [6.07, 6.45) is 5.82. The molecule has 0 radical (unpaired) electrons. The van der Waals surface area contributed by atoms with E-state index in [1.165, 1.54) is 6.42 Å². The van der Waals surface area contributed by atoms with Gasteiger partial charge in [0.05, 0.1) is 12.6 Å². The zero-order valence-electron chi connectivity index (χ0n) is 9.67. The minimum absolute atomic E-state index is 0.163. The Labute approximate surface area is 105 Å². The third-order valence-electron chi connectivity index (χ3n) is 3.50. The van der Waals surface area contributed by atoms with Gasteiger partial charge in [-0.15, -0.1) is 11.3 Å². The third-order valence-corrected chi connectivity index (χ3v) is 4.37.